The summed E-state index contributed by atoms with van der Waals surface area (Å²) in [4.78, 5) is 90.5. The highest BCUT2D eigenvalue weighted by Crippen LogP contribution is 2.34. The van der Waals surface area contributed by atoms with E-state index in [0.29, 0.717) is 134 Å². The number of ether oxygens (including phenoxy) is 5. The number of carbonyl (C=O) groups excluding carboxylic acids is 6. The highest BCUT2D eigenvalue weighted by Gasteiger charge is 2.40. The molecule has 5 aliphatic rings. The van der Waals surface area contributed by atoms with E-state index in [4.69, 9.17) is 23.7 Å². The highest BCUT2D eigenvalue weighted by molar-refractivity contribution is 7.99. The van der Waals surface area contributed by atoms with Gasteiger partial charge < -0.3 is 48.6 Å². The van der Waals surface area contributed by atoms with E-state index in [0.717, 1.165) is 93.0 Å². The van der Waals surface area contributed by atoms with E-state index in [-0.39, 0.29) is 42.6 Å². The number of unbranched alkanes of at least 4 members (excludes halogenated alkanes) is 1. The predicted octanol–water partition coefficient (Wildman–Crippen LogP) is 3.47. The van der Waals surface area contributed by atoms with Crippen molar-refractivity contribution in [3.8, 4) is 0 Å². The maximum absolute atomic E-state index is 13.3. The summed E-state index contributed by atoms with van der Waals surface area (Å²) in [5, 5.41) is 14.1. The molecule has 422 valence electrons. The lowest BCUT2D eigenvalue weighted by molar-refractivity contribution is -0.139. The molecule has 78 heavy (non-hydrogen) atoms. The van der Waals surface area contributed by atoms with Crippen LogP contribution >= 0.6 is 11.8 Å². The number of thioether (sulfide) groups is 1. The Morgan fingerprint density at radius 1 is 0.731 bits per heavy atom. The number of hydrogen-bond acceptors (Lipinski definition) is 17. The van der Waals surface area contributed by atoms with Crippen molar-refractivity contribution in [2.75, 3.05) is 136 Å². The van der Waals surface area contributed by atoms with Crippen LogP contribution < -0.4 is 15.5 Å². The fourth-order valence-electron chi connectivity index (χ4n) is 10.5. The number of nitrogens with one attached hydrogen (secondary N) is 2. The lowest BCUT2D eigenvalue weighted by Crippen LogP contribution is -2.55. The molecular formula is C56H76N10O11S. The van der Waals surface area contributed by atoms with Gasteiger partial charge in [0, 0.05) is 113 Å². The van der Waals surface area contributed by atoms with Crippen molar-refractivity contribution >= 4 is 59.1 Å². The molecule has 5 aliphatic heterocycles. The van der Waals surface area contributed by atoms with Crippen molar-refractivity contribution in [3.63, 3.8) is 0 Å². The van der Waals surface area contributed by atoms with Crippen LogP contribution in [0.2, 0.25) is 0 Å². The minimum Gasteiger partial charge on any atom is -0.378 e. The van der Waals surface area contributed by atoms with Crippen molar-refractivity contribution in [1.82, 2.24) is 45.4 Å². The van der Waals surface area contributed by atoms with E-state index in [2.05, 4.69) is 35.6 Å². The smallest absolute Gasteiger partial charge is 0.274 e. The Bertz CT molecular complexity index is 2450. The number of imide groups is 1. The number of rotatable bonds is 29. The van der Waals surface area contributed by atoms with Gasteiger partial charge in [-0.05, 0) is 92.0 Å². The molecule has 0 spiro atoms. The van der Waals surface area contributed by atoms with Gasteiger partial charge in [-0.2, -0.15) is 0 Å². The number of pyridine rings is 1. The number of carbonyl (C=O) groups is 6. The standard InChI is InChI=1S/C56H76N10O11S/c67-51(13-9-43-6-4-19-57-39-43)58-20-2-1-5-42-15-21-65(22-16-42)56(72)47-10-12-50(61-60-47)63-23-17-44(18-24-63)62-25-27-64(28-26-62)53(69)41-77-36-35-75-32-31-73-29-30-74-33-34-76-37-38-78-49-8-3-7-45-46(49)40-66(55(45)71)48-11-14-52(68)59-54(48)70/h3-4,6-10,12-13,19,39,42,44,48H,1-2,5,11,14-18,20-38,40-41H2,(H,58,67)(H,59,68,70)/b13-9+. The number of anilines is 1. The third kappa shape index (κ3) is 17.6. The van der Waals surface area contributed by atoms with Gasteiger partial charge >= 0.3 is 0 Å². The molecule has 1 unspecified atom stereocenters. The maximum atomic E-state index is 13.3. The lowest BCUT2D eigenvalue weighted by atomic mass is 9.91. The molecule has 3 aromatic rings. The van der Waals surface area contributed by atoms with E-state index >= 15 is 0 Å². The maximum Gasteiger partial charge on any atom is 0.274 e. The molecule has 2 aromatic heterocycles. The van der Waals surface area contributed by atoms with Crippen molar-refractivity contribution < 1.29 is 52.5 Å². The van der Waals surface area contributed by atoms with Crippen molar-refractivity contribution in [2.24, 2.45) is 5.92 Å². The molecule has 8 rings (SSSR count). The first-order valence-corrected chi connectivity index (χ1v) is 28.7. The fraction of sp³-hybridized carbons (Fsp3) is 0.589. The molecule has 4 saturated heterocycles. The number of amides is 6. The first kappa shape index (κ1) is 58.3. The van der Waals surface area contributed by atoms with Crippen LogP contribution in [0, 0.1) is 5.92 Å². The second-order valence-corrected chi connectivity index (χ2v) is 21.2. The molecule has 22 heteroatoms. The van der Waals surface area contributed by atoms with Gasteiger partial charge in [0.1, 0.15) is 12.6 Å². The van der Waals surface area contributed by atoms with Crippen LogP contribution in [0.3, 0.4) is 0 Å². The van der Waals surface area contributed by atoms with Gasteiger partial charge in [0.2, 0.25) is 23.6 Å². The number of fused-ring (bicyclic) bond motifs is 1. The monoisotopic (exact) mass is 1100 g/mol. The molecule has 0 saturated carbocycles. The fourth-order valence-corrected chi connectivity index (χ4v) is 11.4. The molecule has 21 nitrogen and oxygen atoms in total. The summed E-state index contributed by atoms with van der Waals surface area (Å²) in [7, 11) is 0. The van der Waals surface area contributed by atoms with Gasteiger partial charge in [0.05, 0.1) is 59.5 Å². The van der Waals surface area contributed by atoms with Crippen molar-refractivity contribution in [2.45, 2.75) is 81.3 Å². The minimum atomic E-state index is -0.633. The molecule has 0 bridgehead atoms. The summed E-state index contributed by atoms with van der Waals surface area (Å²) in [5.41, 5.74) is 2.79. The molecule has 2 N–H and O–H groups in total. The average molecular weight is 1100 g/mol. The van der Waals surface area contributed by atoms with Crippen LogP contribution in [0.1, 0.15) is 89.8 Å². The highest BCUT2D eigenvalue weighted by atomic mass is 32.2. The number of hydrogen-bond donors (Lipinski definition) is 2. The molecule has 6 amide bonds. The second kappa shape index (κ2) is 31.1. The second-order valence-electron chi connectivity index (χ2n) is 20.1. The Labute approximate surface area is 461 Å². The number of benzene rings is 1. The number of likely N-dealkylation sites (tertiary alicyclic amines) is 1. The molecule has 1 atom stereocenters. The Morgan fingerprint density at radius 3 is 2.13 bits per heavy atom. The number of nitrogens with zero attached hydrogens (tertiary/aromatic N) is 8. The van der Waals surface area contributed by atoms with Crippen LogP contribution in [0.15, 0.2) is 65.8 Å². The first-order chi connectivity index (χ1) is 38.2. The van der Waals surface area contributed by atoms with E-state index in [1.807, 2.05) is 46.2 Å². The summed E-state index contributed by atoms with van der Waals surface area (Å²) in [6.45, 7) is 11.0. The average Bonchev–Trinajstić information content (AvgIpc) is 4.03. The SMILES string of the molecule is O=C(/C=C/c1cccnc1)NCCCCC1CCN(C(=O)c2ccc(N3CCC(N4CCN(C(=O)COCCOCCOCCOCCOCCSc5cccc6c5CN(C5CCC(=O)NC5=O)C6=O)CC4)CC3)nn2)CC1. The van der Waals surface area contributed by atoms with Gasteiger partial charge in [0.25, 0.3) is 11.8 Å². The number of piperazine rings is 1. The van der Waals surface area contributed by atoms with Gasteiger partial charge in [-0.25, -0.2) is 0 Å². The van der Waals surface area contributed by atoms with Crippen LogP contribution in [0.5, 0.6) is 0 Å². The topological polar surface area (TPSA) is 228 Å². The van der Waals surface area contributed by atoms with Crippen molar-refractivity contribution in [1.29, 1.82) is 0 Å². The summed E-state index contributed by atoms with van der Waals surface area (Å²) >= 11 is 1.61. The van der Waals surface area contributed by atoms with Gasteiger partial charge in [-0.15, -0.1) is 22.0 Å². The first-order valence-electron chi connectivity index (χ1n) is 27.7. The zero-order chi connectivity index (χ0) is 54.3. The van der Waals surface area contributed by atoms with E-state index < -0.39 is 11.9 Å². The minimum absolute atomic E-state index is 0.00455. The van der Waals surface area contributed by atoms with Crippen LogP contribution in [0.4, 0.5) is 5.82 Å². The summed E-state index contributed by atoms with van der Waals surface area (Å²) < 4.78 is 28.2. The van der Waals surface area contributed by atoms with Crippen molar-refractivity contribution in [3.05, 3.63) is 83.3 Å². The summed E-state index contributed by atoms with van der Waals surface area (Å²) in [6.07, 6.45) is 14.3. The molecule has 7 heterocycles. The Kier molecular flexibility index (Phi) is 23.2. The van der Waals surface area contributed by atoms with Crippen LogP contribution in [-0.2, 0) is 49.4 Å². The molecule has 4 fully saturated rings. The zero-order valence-corrected chi connectivity index (χ0v) is 45.6. The van der Waals surface area contributed by atoms with Crippen LogP contribution in [-0.4, -0.2) is 213 Å². The third-order valence-electron chi connectivity index (χ3n) is 14.9. The molecular weight excluding hydrogens is 1020 g/mol. The van der Waals surface area contributed by atoms with E-state index in [1.54, 1.807) is 47.3 Å². The van der Waals surface area contributed by atoms with Crippen LogP contribution in [0.25, 0.3) is 6.08 Å². The van der Waals surface area contributed by atoms with Gasteiger partial charge in [-0.3, -0.25) is 44.0 Å². The summed E-state index contributed by atoms with van der Waals surface area (Å²) in [5.74, 6) is 1.00. The van der Waals surface area contributed by atoms with Gasteiger partial charge in [0.15, 0.2) is 11.5 Å². The van der Waals surface area contributed by atoms with Gasteiger partial charge in [-0.1, -0.05) is 25.0 Å². The normalized spacial score (nSPS) is 18.7. The summed E-state index contributed by atoms with van der Waals surface area (Å²) in [6, 6.07) is 12.9. The largest absolute Gasteiger partial charge is 0.378 e. The molecule has 0 radical (unpaired) electrons. The number of aromatic nitrogens is 3. The Hall–Kier alpha value is -5.88. The third-order valence-corrected chi connectivity index (χ3v) is 16.0. The predicted molar refractivity (Wildman–Crippen MR) is 291 cm³/mol. The van der Waals surface area contributed by atoms with E-state index in [1.165, 1.54) is 0 Å². The van der Waals surface area contributed by atoms with E-state index in [9.17, 15) is 28.8 Å². The molecule has 0 aliphatic carbocycles. The quantitative estimate of drug-likeness (QED) is 0.0439. The lowest BCUT2D eigenvalue weighted by Gasteiger charge is -2.43. The molecule has 1 aromatic carbocycles. The zero-order valence-electron chi connectivity index (χ0n) is 44.8. The Balaban J connectivity index is 0.577. The number of piperidine rings is 3. The Morgan fingerprint density at radius 2 is 1.45 bits per heavy atom.